The zero-order valence-corrected chi connectivity index (χ0v) is 71.6. The van der Waals surface area contributed by atoms with Crippen molar-refractivity contribution in [2.45, 2.75) is 13.1 Å². The quantitative estimate of drug-likeness (QED) is 0.0313. The summed E-state index contributed by atoms with van der Waals surface area (Å²) in [6.45, 7) is 1.95. The molecule has 12 aromatic carbocycles. The van der Waals surface area contributed by atoms with E-state index < -0.39 is 123 Å². The SMILES string of the molecule is Cc1cccc(C#Cc2ccc(C(=O)O)c(C(=O)O)c2)c1.O=C(O)c1ccc(C#Cc2ccc(F)cc2)cc1C(=O)O.O=C(O)c1ccc(C#Cc2cccc(F)c2)cc1C(=O)O.O=C(O)c1ccc(C#Cc2ccccc2C(F)(F)F)cc1C(=O)O.O=C(O)c1ccc(C#Cc2ccccc2F)cc1C(=O)O.O=C([O-])c1ccc(C#Cc2cccc(F)c2)cc1C(=O)[O-].[Na+].[Na+]. The van der Waals surface area contributed by atoms with Crippen molar-refractivity contribution < 1.29 is 209 Å². The monoisotopic (exact) mass is 1790 g/mol. The molecule has 0 heterocycles. The molecule has 0 saturated heterocycles. The van der Waals surface area contributed by atoms with Gasteiger partial charge < -0.3 is 70.9 Å². The Kier molecular flexibility index (Phi) is 39.8. The van der Waals surface area contributed by atoms with E-state index in [0.29, 0.717) is 38.9 Å². The Morgan fingerprint density at radius 1 is 0.237 bits per heavy atom. The van der Waals surface area contributed by atoms with Crippen LogP contribution in [-0.4, -0.2) is 123 Å². The number of benzene rings is 12. The Bertz CT molecular complexity index is 6590. The molecule has 0 saturated carbocycles. The molecule has 12 aromatic rings. The van der Waals surface area contributed by atoms with Crippen LogP contribution >= 0.6 is 0 Å². The van der Waals surface area contributed by atoms with Gasteiger partial charge in [-0.15, -0.1) is 0 Å². The van der Waals surface area contributed by atoms with Gasteiger partial charge in [-0.3, -0.25) is 0 Å². The van der Waals surface area contributed by atoms with E-state index in [-0.39, 0.29) is 132 Å². The average molecular weight is 1800 g/mol. The third-order valence-corrected chi connectivity index (χ3v) is 16.6. The molecule has 33 heteroatoms. The van der Waals surface area contributed by atoms with Crippen LogP contribution < -0.4 is 69.3 Å². The van der Waals surface area contributed by atoms with E-state index in [1.807, 2.05) is 31.2 Å². The second kappa shape index (κ2) is 49.7. The zero-order chi connectivity index (χ0) is 94.9. The maximum atomic E-state index is 13.4. The van der Waals surface area contributed by atoms with Crippen LogP contribution in [-0.2, 0) is 6.18 Å². The van der Waals surface area contributed by atoms with Crippen LogP contribution in [0.25, 0.3) is 0 Å². The van der Waals surface area contributed by atoms with E-state index in [1.54, 1.807) is 18.2 Å². The van der Waals surface area contributed by atoms with Gasteiger partial charge in [0.2, 0.25) is 0 Å². The number of halogens is 7. The average Bonchev–Trinajstić information content (AvgIpc) is 0.821. The summed E-state index contributed by atoms with van der Waals surface area (Å²) >= 11 is 0. The van der Waals surface area contributed by atoms with Crippen LogP contribution in [0.3, 0.4) is 0 Å². The van der Waals surface area contributed by atoms with E-state index in [0.717, 1.165) is 53.6 Å². The van der Waals surface area contributed by atoms with Crippen molar-refractivity contribution in [1.29, 1.82) is 0 Å². The number of aromatic carboxylic acids is 12. The number of alkyl halides is 3. The number of carboxylic acids is 12. The van der Waals surface area contributed by atoms with Crippen LogP contribution in [0, 0.1) is 101 Å². The predicted molar refractivity (Wildman–Crippen MR) is 441 cm³/mol. The molecule has 0 fully saturated rings. The molecule has 131 heavy (non-hydrogen) atoms. The molecule has 0 radical (unpaired) electrons. The van der Waals surface area contributed by atoms with Gasteiger partial charge in [-0.1, -0.05) is 126 Å². The number of carbonyl (C=O) groups is 12. The van der Waals surface area contributed by atoms with Gasteiger partial charge in [0.1, 0.15) is 23.3 Å². The number of carbonyl (C=O) groups excluding carboxylic acids is 2. The summed E-state index contributed by atoms with van der Waals surface area (Å²) in [6, 6.07) is 57.1. The Morgan fingerprint density at radius 2 is 0.481 bits per heavy atom. The molecule has 0 aromatic heterocycles. The van der Waals surface area contributed by atoms with Gasteiger partial charge in [0.05, 0.1) is 78.7 Å². The van der Waals surface area contributed by atoms with Crippen molar-refractivity contribution in [3.05, 3.63) is 423 Å². The topological polar surface area (TPSA) is 453 Å². The minimum Gasteiger partial charge on any atom is -0.545 e. The fourth-order valence-electron chi connectivity index (χ4n) is 10.5. The first-order valence-corrected chi connectivity index (χ1v) is 36.0. The number of hydrogen-bond donors (Lipinski definition) is 10. The molecule has 0 aliphatic carbocycles. The summed E-state index contributed by atoms with van der Waals surface area (Å²) in [5, 5.41) is 111. The molecule has 0 aliphatic heterocycles. The maximum absolute atomic E-state index is 13.4. The summed E-state index contributed by atoms with van der Waals surface area (Å²) in [7, 11) is 0. The molecule has 24 nitrogen and oxygen atoms in total. The maximum Gasteiger partial charge on any atom is 1.00 e. The van der Waals surface area contributed by atoms with Gasteiger partial charge in [-0.05, 0) is 213 Å². The normalized spacial score (nSPS) is 9.62. The van der Waals surface area contributed by atoms with Crippen LogP contribution in [0.2, 0.25) is 0 Å². The smallest absolute Gasteiger partial charge is 0.545 e. The van der Waals surface area contributed by atoms with Crippen LogP contribution in [0.15, 0.2) is 255 Å². The fourth-order valence-corrected chi connectivity index (χ4v) is 10.5. The molecular weight excluding hydrogens is 1740 g/mol. The van der Waals surface area contributed by atoms with Gasteiger partial charge in [-0.25, -0.2) is 65.5 Å². The summed E-state index contributed by atoms with van der Waals surface area (Å²) in [4.78, 5) is 132. The van der Waals surface area contributed by atoms with Crippen molar-refractivity contribution >= 4 is 71.6 Å². The van der Waals surface area contributed by atoms with Crippen molar-refractivity contribution in [3.63, 3.8) is 0 Å². The fraction of sp³-hybridized carbons (Fsp3) is 0.0204. The molecule has 0 unspecified atom stereocenters. The standard InChI is InChI=1S/C17H9F3O4.C17H12O4.4C16H9FO4.2Na/c18-17(19,20)14-4-2-1-3-11(14)7-5-10-6-8-12(15(21)22)13(9-10)16(23)24;1-11-3-2-4-12(9-11)5-6-13-7-8-14(16(18)19)15(10-13)17(20)21;17-12-6-3-10(4-7-12)1-2-11-5-8-13(15(18)19)14(9-11)16(20)21;2*17-12-3-1-2-10(8-12)4-5-11-6-7-13(15(18)19)14(9-11)16(20)21;17-14-4-2-1-3-11(14)7-5-10-6-8-12(15(18)19)13(9-10)16(20)21;;/h1-4,6,8-9H,(H,21,22)(H,23,24);2-4,7-10H,1H3,(H,18,19)(H,20,21);3-9H,(H,18,19)(H,20,21);2*1-3,6-9H,(H,18,19)(H,20,21);1-4,6,8-9H,(H,18,19)(H,20,21);;/q;;;;;;2*+1/p-2. The summed E-state index contributed by atoms with van der Waals surface area (Å²) in [5.41, 5.74) is -0.240. The van der Waals surface area contributed by atoms with E-state index >= 15 is 0 Å². The third kappa shape index (κ3) is 32.6. The Labute approximate surface area is 781 Å². The number of carboxylic acid groups (broad SMARTS) is 12. The Morgan fingerprint density at radius 3 is 0.771 bits per heavy atom. The largest absolute Gasteiger partial charge is 1.00 e. The Balaban J connectivity index is 0.000000278. The van der Waals surface area contributed by atoms with E-state index in [9.17, 15) is 98.5 Å². The van der Waals surface area contributed by atoms with Crippen molar-refractivity contribution in [3.8, 4) is 71.0 Å². The van der Waals surface area contributed by atoms with Crippen molar-refractivity contribution in [2.24, 2.45) is 0 Å². The molecule has 0 spiro atoms. The van der Waals surface area contributed by atoms with Crippen molar-refractivity contribution in [2.75, 3.05) is 0 Å². The molecule has 0 atom stereocenters. The first-order chi connectivity index (χ1) is 61.1. The zero-order valence-electron chi connectivity index (χ0n) is 67.6. The molecule has 0 bridgehead atoms. The van der Waals surface area contributed by atoms with Gasteiger partial charge >= 0.3 is 125 Å². The number of rotatable bonds is 12. The van der Waals surface area contributed by atoms with Crippen molar-refractivity contribution in [1.82, 2.24) is 0 Å². The van der Waals surface area contributed by atoms with Crippen LogP contribution in [0.1, 0.15) is 202 Å². The summed E-state index contributed by atoms with van der Waals surface area (Å²) in [6.07, 6.45) is -4.56. The third-order valence-electron chi connectivity index (χ3n) is 16.6. The molecule has 0 amide bonds. The minimum absolute atomic E-state index is 0. The minimum atomic E-state index is -4.56. The van der Waals surface area contributed by atoms with E-state index in [1.165, 1.54) is 170 Å². The second-order valence-corrected chi connectivity index (χ2v) is 25.6. The number of hydrogen-bond acceptors (Lipinski definition) is 14. The van der Waals surface area contributed by atoms with Crippen LogP contribution in [0.5, 0.6) is 0 Å². The molecule has 642 valence electrons. The molecule has 10 N–H and O–H groups in total. The molecule has 0 aliphatic rings. The van der Waals surface area contributed by atoms with Crippen LogP contribution in [0.4, 0.5) is 30.7 Å². The first kappa shape index (κ1) is 105. The molecular formula is C98H55F7Na2O24. The number of aryl methyl sites for hydroxylation is 1. The van der Waals surface area contributed by atoms with Gasteiger partial charge in [0.25, 0.3) is 0 Å². The first-order valence-electron chi connectivity index (χ1n) is 36.0. The predicted octanol–water partition coefficient (Wildman–Crippen LogP) is 8.12. The summed E-state index contributed by atoms with van der Waals surface area (Å²) < 4.78 is 90.7. The van der Waals surface area contributed by atoms with Gasteiger partial charge in [0.15, 0.2) is 0 Å². The molecule has 12 rings (SSSR count). The Hall–Kier alpha value is -16.9. The van der Waals surface area contributed by atoms with Gasteiger partial charge in [0, 0.05) is 72.3 Å². The second-order valence-electron chi connectivity index (χ2n) is 25.6. The van der Waals surface area contributed by atoms with E-state index in [4.69, 9.17) is 51.1 Å². The van der Waals surface area contributed by atoms with Gasteiger partial charge in [-0.2, -0.15) is 13.2 Å². The summed E-state index contributed by atoms with van der Waals surface area (Å²) in [5.74, 6) is 13.4. The van der Waals surface area contributed by atoms with E-state index in [2.05, 4.69) is 71.0 Å².